The normalized spacial score (nSPS) is 14.1. The van der Waals surface area contributed by atoms with Crippen molar-refractivity contribution in [2.45, 2.75) is 33.1 Å². The van der Waals surface area contributed by atoms with E-state index >= 15 is 0 Å². The summed E-state index contributed by atoms with van der Waals surface area (Å²) in [5, 5.41) is 5.43. The Bertz CT molecular complexity index is 790. The number of thiophene rings is 1. The summed E-state index contributed by atoms with van der Waals surface area (Å²) in [5.41, 5.74) is 4.47. The third-order valence-electron chi connectivity index (χ3n) is 4.58. The Balaban J connectivity index is 2.02. The molecule has 1 aliphatic carbocycles. The number of methoxy groups -OCH3 is 1. The molecule has 4 nitrogen and oxygen atoms in total. The third-order valence-corrected chi connectivity index (χ3v) is 5.47. The Hall–Kier alpha value is -2.14. The van der Waals surface area contributed by atoms with E-state index in [0.29, 0.717) is 10.6 Å². The molecule has 1 aromatic carbocycles. The Morgan fingerprint density at radius 2 is 1.96 bits per heavy atom. The molecule has 1 aromatic heterocycles. The fraction of sp³-hybridized carbons (Fsp3) is 0.368. The maximum atomic E-state index is 12.4. The average Bonchev–Trinajstić information content (AvgIpc) is 2.90. The lowest BCUT2D eigenvalue weighted by Gasteiger charge is -2.23. The number of hydrogen-bond donors (Lipinski definition) is 1. The van der Waals surface area contributed by atoms with Crippen molar-refractivity contribution in [3.05, 3.63) is 40.3 Å². The monoisotopic (exact) mass is 343 g/mol. The van der Waals surface area contributed by atoms with Gasteiger partial charge in [0.05, 0.1) is 7.11 Å². The van der Waals surface area contributed by atoms with E-state index in [9.17, 15) is 9.59 Å². The van der Waals surface area contributed by atoms with Gasteiger partial charge in [-0.15, -0.1) is 11.3 Å². The summed E-state index contributed by atoms with van der Waals surface area (Å²) >= 11 is 1.38. The highest BCUT2D eigenvalue weighted by Gasteiger charge is 2.28. The summed E-state index contributed by atoms with van der Waals surface area (Å²) in [5.74, 6) is -0.349. The van der Waals surface area contributed by atoms with Crippen LogP contribution in [0.1, 0.15) is 40.7 Å². The highest BCUT2D eigenvalue weighted by Crippen LogP contribution is 2.39. The van der Waals surface area contributed by atoms with Crippen molar-refractivity contribution < 1.29 is 14.3 Å². The van der Waals surface area contributed by atoms with Gasteiger partial charge in [-0.25, -0.2) is 4.79 Å². The van der Waals surface area contributed by atoms with E-state index in [4.69, 9.17) is 4.74 Å². The van der Waals surface area contributed by atoms with Gasteiger partial charge in [-0.05, 0) is 37.8 Å². The van der Waals surface area contributed by atoms with Gasteiger partial charge in [-0.3, -0.25) is 4.79 Å². The summed E-state index contributed by atoms with van der Waals surface area (Å²) in [4.78, 5) is 24.6. The molecule has 1 aliphatic rings. The fourth-order valence-corrected chi connectivity index (χ4v) is 3.81. The van der Waals surface area contributed by atoms with Crippen LogP contribution in [0.2, 0.25) is 0 Å². The van der Waals surface area contributed by atoms with Gasteiger partial charge in [0, 0.05) is 16.9 Å². The second-order valence-corrected chi connectivity index (χ2v) is 7.16. The van der Waals surface area contributed by atoms with Gasteiger partial charge in [-0.2, -0.15) is 0 Å². The molecule has 126 valence electrons. The lowest BCUT2D eigenvalue weighted by atomic mass is 9.85. The second-order valence-electron chi connectivity index (χ2n) is 6.28. The molecule has 1 heterocycles. The zero-order valence-electron chi connectivity index (χ0n) is 14.1. The maximum absolute atomic E-state index is 12.4. The molecule has 0 atom stereocenters. The zero-order chi connectivity index (χ0) is 17.3. The minimum absolute atomic E-state index is 0.000710. The molecular weight excluding hydrogens is 322 g/mol. The Morgan fingerprint density at radius 3 is 2.58 bits per heavy atom. The standard InChI is InChI=1S/C19H21NO3S/c1-11-7-8-12(2)14(9-11)15-10-24-18(16(15)19(22)23-3)20-17(21)13-5-4-6-13/h7-10,13H,4-6H2,1-3H3,(H,20,21). The number of carbonyl (C=O) groups excluding carboxylic acids is 2. The van der Waals surface area contributed by atoms with E-state index in [2.05, 4.69) is 11.4 Å². The number of ether oxygens (including phenoxy) is 1. The molecule has 1 N–H and O–H groups in total. The highest BCUT2D eigenvalue weighted by molar-refractivity contribution is 7.15. The van der Waals surface area contributed by atoms with Gasteiger partial charge < -0.3 is 10.1 Å². The van der Waals surface area contributed by atoms with E-state index in [1.165, 1.54) is 18.4 Å². The number of hydrogen-bond acceptors (Lipinski definition) is 4. The molecule has 0 spiro atoms. The smallest absolute Gasteiger partial charge is 0.341 e. The van der Waals surface area contributed by atoms with Crippen LogP contribution in [0.15, 0.2) is 23.6 Å². The maximum Gasteiger partial charge on any atom is 0.341 e. The number of carbonyl (C=O) groups is 2. The van der Waals surface area contributed by atoms with Crippen molar-refractivity contribution >= 4 is 28.2 Å². The summed E-state index contributed by atoms with van der Waals surface area (Å²) in [6.07, 6.45) is 2.95. The van der Waals surface area contributed by atoms with Gasteiger partial charge in [0.25, 0.3) is 0 Å². The summed E-state index contributed by atoms with van der Waals surface area (Å²) in [6, 6.07) is 6.14. The van der Waals surface area contributed by atoms with Crippen LogP contribution in [0, 0.1) is 19.8 Å². The first-order valence-electron chi connectivity index (χ1n) is 8.09. The minimum atomic E-state index is -0.420. The Morgan fingerprint density at radius 1 is 1.21 bits per heavy atom. The average molecular weight is 343 g/mol. The van der Waals surface area contributed by atoms with Crippen LogP contribution in [-0.2, 0) is 9.53 Å². The van der Waals surface area contributed by atoms with Gasteiger partial charge in [0.15, 0.2) is 0 Å². The molecular formula is C19H21NO3S. The molecule has 0 aliphatic heterocycles. The molecule has 1 amide bonds. The summed E-state index contributed by atoms with van der Waals surface area (Å²) in [7, 11) is 1.37. The number of esters is 1. The Labute approximate surface area is 145 Å². The second kappa shape index (κ2) is 6.77. The van der Waals surface area contributed by atoms with Crippen molar-refractivity contribution in [3.8, 4) is 11.1 Å². The van der Waals surface area contributed by atoms with E-state index in [1.807, 2.05) is 31.4 Å². The molecule has 1 fully saturated rings. The van der Waals surface area contributed by atoms with Crippen molar-refractivity contribution in [1.82, 2.24) is 0 Å². The first-order valence-corrected chi connectivity index (χ1v) is 8.97. The summed E-state index contributed by atoms with van der Waals surface area (Å²) in [6.45, 7) is 4.03. The van der Waals surface area contributed by atoms with Crippen LogP contribution in [0.4, 0.5) is 5.00 Å². The van der Waals surface area contributed by atoms with E-state index in [0.717, 1.165) is 41.5 Å². The predicted molar refractivity (Wildman–Crippen MR) is 96.5 cm³/mol. The number of nitrogens with one attached hydrogen (secondary N) is 1. The van der Waals surface area contributed by atoms with E-state index in [1.54, 1.807) is 0 Å². The Kier molecular flexibility index (Phi) is 4.71. The van der Waals surface area contributed by atoms with Crippen molar-refractivity contribution in [3.63, 3.8) is 0 Å². The largest absolute Gasteiger partial charge is 0.465 e. The highest BCUT2D eigenvalue weighted by atomic mass is 32.1. The lowest BCUT2D eigenvalue weighted by Crippen LogP contribution is -2.28. The van der Waals surface area contributed by atoms with Gasteiger partial charge >= 0.3 is 5.97 Å². The van der Waals surface area contributed by atoms with Crippen LogP contribution >= 0.6 is 11.3 Å². The zero-order valence-corrected chi connectivity index (χ0v) is 15.0. The van der Waals surface area contributed by atoms with E-state index in [-0.39, 0.29) is 11.8 Å². The molecule has 5 heteroatoms. The molecule has 1 saturated carbocycles. The molecule has 0 unspecified atom stereocenters. The predicted octanol–water partition coefficient (Wildman–Crippen LogP) is 4.56. The molecule has 0 radical (unpaired) electrons. The van der Waals surface area contributed by atoms with Crippen molar-refractivity contribution in [1.29, 1.82) is 0 Å². The SMILES string of the molecule is COC(=O)c1c(-c2cc(C)ccc2C)csc1NC(=O)C1CCC1. The van der Waals surface area contributed by atoms with Crippen LogP contribution in [0.25, 0.3) is 11.1 Å². The number of amides is 1. The first kappa shape index (κ1) is 16.7. The number of rotatable bonds is 4. The lowest BCUT2D eigenvalue weighted by molar-refractivity contribution is -0.122. The van der Waals surface area contributed by atoms with Gasteiger partial charge in [0.1, 0.15) is 10.6 Å². The number of benzene rings is 1. The number of anilines is 1. The van der Waals surface area contributed by atoms with Gasteiger partial charge in [0.2, 0.25) is 5.91 Å². The minimum Gasteiger partial charge on any atom is -0.465 e. The molecule has 0 saturated heterocycles. The van der Waals surface area contributed by atoms with Gasteiger partial charge in [-0.1, -0.05) is 30.2 Å². The van der Waals surface area contributed by atoms with E-state index < -0.39 is 5.97 Å². The van der Waals surface area contributed by atoms with Crippen molar-refractivity contribution in [2.24, 2.45) is 5.92 Å². The van der Waals surface area contributed by atoms with Crippen molar-refractivity contribution in [2.75, 3.05) is 12.4 Å². The molecule has 3 rings (SSSR count). The van der Waals surface area contributed by atoms with Crippen LogP contribution in [0.5, 0.6) is 0 Å². The van der Waals surface area contributed by atoms with Crippen LogP contribution in [0.3, 0.4) is 0 Å². The number of aryl methyl sites for hydroxylation is 2. The topological polar surface area (TPSA) is 55.4 Å². The molecule has 0 bridgehead atoms. The first-order chi connectivity index (χ1) is 11.5. The molecule has 2 aromatic rings. The molecule has 24 heavy (non-hydrogen) atoms. The quantitative estimate of drug-likeness (QED) is 0.828. The fourth-order valence-electron chi connectivity index (χ4n) is 2.86. The summed E-state index contributed by atoms with van der Waals surface area (Å²) < 4.78 is 4.97. The van der Waals surface area contributed by atoms with Crippen LogP contribution in [-0.4, -0.2) is 19.0 Å². The van der Waals surface area contributed by atoms with Crippen LogP contribution < -0.4 is 5.32 Å². The third kappa shape index (κ3) is 3.08.